The number of sulfonamides is 1. The summed E-state index contributed by atoms with van der Waals surface area (Å²) < 4.78 is 55.6. The maximum Gasteiger partial charge on any atom is 0.243 e. The van der Waals surface area contributed by atoms with E-state index < -0.39 is 27.6 Å². The average molecular weight is 465 g/mol. The van der Waals surface area contributed by atoms with Gasteiger partial charge in [-0.3, -0.25) is 4.79 Å². The second kappa shape index (κ2) is 9.74. The molecule has 3 rings (SSSR count). The van der Waals surface area contributed by atoms with Crippen LogP contribution in [0.4, 0.5) is 14.5 Å². The molecule has 0 radical (unpaired) electrons. The van der Waals surface area contributed by atoms with Gasteiger partial charge in [-0.15, -0.1) is 0 Å². The highest BCUT2D eigenvalue weighted by atomic mass is 32.2. The van der Waals surface area contributed by atoms with Crippen LogP contribution in [0.1, 0.15) is 33.0 Å². The number of hydrogen-bond acceptors (Lipinski definition) is 4. The molecule has 0 atom stereocenters. The van der Waals surface area contributed by atoms with E-state index in [1.54, 1.807) is 32.0 Å². The van der Waals surface area contributed by atoms with Crippen LogP contribution in [0.2, 0.25) is 0 Å². The molecule has 3 aromatic rings. The molecule has 0 bridgehead atoms. The van der Waals surface area contributed by atoms with E-state index in [1.807, 2.05) is 11.5 Å². The van der Waals surface area contributed by atoms with Gasteiger partial charge >= 0.3 is 0 Å². The van der Waals surface area contributed by atoms with Crippen molar-refractivity contribution in [2.75, 3.05) is 18.4 Å². The van der Waals surface area contributed by atoms with E-state index in [4.69, 9.17) is 0 Å². The summed E-state index contributed by atoms with van der Waals surface area (Å²) in [5, 5.41) is 2.48. The highest BCUT2D eigenvalue weighted by Crippen LogP contribution is 2.24. The number of carbonyl (C=O) groups is 1. The predicted octanol–water partition coefficient (Wildman–Crippen LogP) is 3.94. The van der Waals surface area contributed by atoms with E-state index in [0.29, 0.717) is 31.0 Å². The highest BCUT2D eigenvalue weighted by Gasteiger charge is 2.23. The summed E-state index contributed by atoms with van der Waals surface area (Å²) in [4.78, 5) is 17.0. The summed E-state index contributed by atoms with van der Waals surface area (Å²) in [6.45, 7) is 6.83. The molecule has 1 N–H and O–H groups in total. The van der Waals surface area contributed by atoms with E-state index in [0.717, 1.165) is 23.7 Å². The number of aryl methyl sites for hydroxylation is 2. The largest absolute Gasteiger partial charge is 0.328 e. The van der Waals surface area contributed by atoms with Crippen LogP contribution in [-0.2, 0) is 27.8 Å². The lowest BCUT2D eigenvalue weighted by molar-refractivity contribution is -0.116. The summed E-state index contributed by atoms with van der Waals surface area (Å²) in [7, 11) is -3.61. The third-order valence-corrected chi connectivity index (χ3v) is 7.23. The first-order chi connectivity index (χ1) is 15.2. The van der Waals surface area contributed by atoms with Gasteiger partial charge in [-0.25, -0.2) is 22.2 Å². The Morgan fingerprint density at radius 3 is 2.31 bits per heavy atom. The summed E-state index contributed by atoms with van der Waals surface area (Å²) >= 11 is 0. The number of imidazole rings is 1. The zero-order chi connectivity index (χ0) is 23.5. The Bertz CT molecular complexity index is 1220. The standard InChI is InChI=1S/C22H26F2N4O3S/c1-4-27(5-2)32(30,31)18-7-8-20-19(14-18)26-21(28(20)6-3)9-10-22(29)25-17-12-15(23)11-16(24)13-17/h7-8,11-14H,4-6,9-10H2,1-3H3,(H,25,29). The van der Waals surface area contributed by atoms with Crippen molar-refractivity contribution in [2.45, 2.75) is 45.1 Å². The van der Waals surface area contributed by atoms with Gasteiger partial charge in [0, 0.05) is 44.2 Å². The SMILES string of the molecule is CCN(CC)S(=O)(=O)c1ccc2c(c1)nc(CCC(=O)Nc1cc(F)cc(F)c1)n2CC. The van der Waals surface area contributed by atoms with Gasteiger partial charge in [-0.2, -0.15) is 4.31 Å². The summed E-state index contributed by atoms with van der Waals surface area (Å²) in [5.41, 5.74) is 1.35. The van der Waals surface area contributed by atoms with Crippen molar-refractivity contribution in [3.63, 3.8) is 0 Å². The smallest absolute Gasteiger partial charge is 0.243 e. The summed E-state index contributed by atoms with van der Waals surface area (Å²) in [6.07, 6.45) is 0.330. The van der Waals surface area contributed by atoms with Gasteiger partial charge < -0.3 is 9.88 Å². The monoisotopic (exact) mass is 464 g/mol. The van der Waals surface area contributed by atoms with Crippen LogP contribution >= 0.6 is 0 Å². The number of rotatable bonds is 9. The van der Waals surface area contributed by atoms with Crippen LogP contribution in [0.15, 0.2) is 41.3 Å². The molecule has 1 heterocycles. The molecule has 32 heavy (non-hydrogen) atoms. The van der Waals surface area contributed by atoms with Crippen molar-refractivity contribution in [2.24, 2.45) is 0 Å². The van der Waals surface area contributed by atoms with E-state index >= 15 is 0 Å². The van der Waals surface area contributed by atoms with Gasteiger partial charge in [0.05, 0.1) is 15.9 Å². The number of benzene rings is 2. The Balaban J connectivity index is 1.81. The molecular formula is C22H26F2N4O3S. The lowest BCUT2D eigenvalue weighted by Crippen LogP contribution is -2.30. The average Bonchev–Trinajstić information content (AvgIpc) is 3.08. The fourth-order valence-corrected chi connectivity index (χ4v) is 5.13. The van der Waals surface area contributed by atoms with Gasteiger partial charge in [-0.1, -0.05) is 13.8 Å². The molecule has 2 aromatic carbocycles. The number of nitrogens with zero attached hydrogens (tertiary/aromatic N) is 3. The van der Waals surface area contributed by atoms with E-state index in [9.17, 15) is 22.0 Å². The molecule has 10 heteroatoms. The molecule has 7 nitrogen and oxygen atoms in total. The highest BCUT2D eigenvalue weighted by molar-refractivity contribution is 7.89. The number of amides is 1. The van der Waals surface area contributed by atoms with Gasteiger partial charge in [-0.05, 0) is 37.3 Å². The molecule has 1 amide bonds. The third kappa shape index (κ3) is 4.97. The molecule has 0 fully saturated rings. The Labute approximate surface area is 186 Å². The minimum absolute atomic E-state index is 0.0442. The van der Waals surface area contributed by atoms with Crippen molar-refractivity contribution in [1.82, 2.24) is 13.9 Å². The van der Waals surface area contributed by atoms with Crippen molar-refractivity contribution in [3.05, 3.63) is 53.9 Å². The first kappa shape index (κ1) is 23.8. The zero-order valence-electron chi connectivity index (χ0n) is 18.2. The van der Waals surface area contributed by atoms with E-state index in [1.165, 1.54) is 4.31 Å². The molecule has 0 saturated heterocycles. The Morgan fingerprint density at radius 2 is 1.72 bits per heavy atom. The topological polar surface area (TPSA) is 84.3 Å². The normalized spacial score (nSPS) is 11.9. The van der Waals surface area contributed by atoms with Gasteiger partial charge in [0.15, 0.2) is 0 Å². The Kier molecular flexibility index (Phi) is 7.25. The van der Waals surface area contributed by atoms with Crippen LogP contribution in [0.25, 0.3) is 11.0 Å². The molecular weight excluding hydrogens is 438 g/mol. The first-order valence-corrected chi connectivity index (χ1v) is 11.9. The van der Waals surface area contributed by atoms with Crippen LogP contribution in [0.5, 0.6) is 0 Å². The second-order valence-electron chi connectivity index (χ2n) is 7.22. The molecule has 0 aliphatic rings. The summed E-state index contributed by atoms with van der Waals surface area (Å²) in [5.74, 6) is -1.33. The third-order valence-electron chi connectivity index (χ3n) is 5.18. The van der Waals surface area contributed by atoms with Crippen LogP contribution < -0.4 is 5.32 Å². The number of fused-ring (bicyclic) bond motifs is 1. The summed E-state index contributed by atoms with van der Waals surface area (Å²) in [6, 6.07) is 7.66. The lowest BCUT2D eigenvalue weighted by Gasteiger charge is -2.18. The van der Waals surface area contributed by atoms with Crippen molar-refractivity contribution in [1.29, 1.82) is 0 Å². The number of anilines is 1. The maximum absolute atomic E-state index is 13.3. The number of nitrogens with one attached hydrogen (secondary N) is 1. The van der Waals surface area contributed by atoms with Gasteiger partial charge in [0.2, 0.25) is 15.9 Å². The minimum atomic E-state index is -3.61. The molecule has 0 saturated carbocycles. The fraction of sp³-hybridized carbons (Fsp3) is 0.364. The lowest BCUT2D eigenvalue weighted by atomic mass is 10.2. The number of halogens is 2. The number of aromatic nitrogens is 2. The molecule has 0 aliphatic heterocycles. The van der Waals surface area contributed by atoms with E-state index in [-0.39, 0.29) is 23.4 Å². The minimum Gasteiger partial charge on any atom is -0.328 e. The van der Waals surface area contributed by atoms with Gasteiger partial charge in [0.1, 0.15) is 17.5 Å². The molecule has 0 aliphatic carbocycles. The van der Waals surface area contributed by atoms with Crippen molar-refractivity contribution >= 4 is 32.7 Å². The molecule has 0 unspecified atom stereocenters. The van der Waals surface area contributed by atoms with Crippen LogP contribution in [0, 0.1) is 11.6 Å². The Morgan fingerprint density at radius 1 is 1.06 bits per heavy atom. The zero-order valence-corrected chi connectivity index (χ0v) is 19.0. The first-order valence-electron chi connectivity index (χ1n) is 10.4. The predicted molar refractivity (Wildman–Crippen MR) is 119 cm³/mol. The second-order valence-corrected chi connectivity index (χ2v) is 9.16. The van der Waals surface area contributed by atoms with Crippen molar-refractivity contribution < 1.29 is 22.0 Å². The quantitative estimate of drug-likeness (QED) is 0.520. The molecule has 1 aromatic heterocycles. The van der Waals surface area contributed by atoms with Gasteiger partial charge in [0.25, 0.3) is 0 Å². The molecule has 172 valence electrons. The van der Waals surface area contributed by atoms with Crippen molar-refractivity contribution in [3.8, 4) is 0 Å². The van der Waals surface area contributed by atoms with E-state index in [2.05, 4.69) is 10.3 Å². The van der Waals surface area contributed by atoms with Crippen LogP contribution in [-0.4, -0.2) is 41.3 Å². The van der Waals surface area contributed by atoms with Crippen LogP contribution in [0.3, 0.4) is 0 Å². The molecule has 0 spiro atoms. The number of carbonyl (C=O) groups excluding carboxylic acids is 1. The Hall–Kier alpha value is -2.85. The fourth-order valence-electron chi connectivity index (χ4n) is 3.65. The maximum atomic E-state index is 13.3. The number of hydrogen-bond donors (Lipinski definition) is 1.